The number of rotatable bonds is 4. The summed E-state index contributed by atoms with van der Waals surface area (Å²) in [7, 11) is 0. The number of piperidine rings is 1. The number of likely N-dealkylation sites (tertiary alicyclic amines) is 1. The Labute approximate surface area is 158 Å². The maximum absolute atomic E-state index is 12.5. The lowest BCUT2D eigenvalue weighted by Crippen LogP contribution is -2.38. The summed E-state index contributed by atoms with van der Waals surface area (Å²) in [5, 5.41) is 0. The van der Waals surface area contributed by atoms with Crippen LogP contribution in [0.4, 0.5) is 0 Å². The molecule has 0 radical (unpaired) electrons. The fraction of sp³-hybridized carbons (Fsp3) is 0.350. The Kier molecular flexibility index (Phi) is 4.91. The van der Waals surface area contributed by atoms with Crippen LogP contribution in [0.1, 0.15) is 47.7 Å². The van der Waals surface area contributed by atoms with Gasteiger partial charge in [0, 0.05) is 55.9 Å². The summed E-state index contributed by atoms with van der Waals surface area (Å²) in [6.07, 6.45) is 11.1. The topological polar surface area (TPSA) is 76.8 Å². The molecule has 0 bridgehead atoms. The predicted molar refractivity (Wildman–Crippen MR) is 101 cm³/mol. The Morgan fingerprint density at radius 2 is 2.00 bits per heavy atom. The van der Waals surface area contributed by atoms with Crippen LogP contribution < -0.4 is 0 Å². The Morgan fingerprint density at radius 1 is 1.15 bits per heavy atom. The number of carbonyl (C=O) groups excluding carboxylic acids is 1. The first kappa shape index (κ1) is 17.3. The summed E-state index contributed by atoms with van der Waals surface area (Å²) >= 11 is 0. The Bertz CT molecular complexity index is 915. The molecule has 0 aliphatic carbocycles. The molecule has 0 N–H and O–H groups in total. The summed E-state index contributed by atoms with van der Waals surface area (Å²) in [6, 6.07) is 6.14. The molecule has 1 amide bonds. The van der Waals surface area contributed by atoms with Gasteiger partial charge in [0.15, 0.2) is 0 Å². The summed E-state index contributed by atoms with van der Waals surface area (Å²) in [5.41, 5.74) is 1.48. The fourth-order valence-electron chi connectivity index (χ4n) is 3.56. The highest BCUT2D eigenvalue weighted by Gasteiger charge is 2.26. The quantitative estimate of drug-likeness (QED) is 0.713. The van der Waals surface area contributed by atoms with Crippen LogP contribution in [0.5, 0.6) is 0 Å². The molecule has 0 unspecified atom stereocenters. The maximum atomic E-state index is 12.5. The van der Waals surface area contributed by atoms with E-state index < -0.39 is 0 Å². The van der Waals surface area contributed by atoms with Crippen molar-refractivity contribution in [3.63, 3.8) is 0 Å². The van der Waals surface area contributed by atoms with E-state index in [0.29, 0.717) is 24.7 Å². The molecule has 1 saturated heterocycles. The Hall–Kier alpha value is -3.09. The minimum absolute atomic E-state index is 0.0470. The van der Waals surface area contributed by atoms with Gasteiger partial charge in [-0.25, -0.2) is 15.0 Å². The average Bonchev–Trinajstić information content (AvgIpc) is 3.23. The van der Waals surface area contributed by atoms with Crippen molar-refractivity contribution in [1.82, 2.24) is 29.4 Å². The van der Waals surface area contributed by atoms with Crippen LogP contribution in [-0.2, 0) is 6.42 Å². The number of nitrogens with zero attached hydrogens (tertiary/aromatic N) is 6. The zero-order valence-corrected chi connectivity index (χ0v) is 15.3. The van der Waals surface area contributed by atoms with Gasteiger partial charge in [-0.05, 0) is 25.0 Å². The molecule has 0 atom stereocenters. The van der Waals surface area contributed by atoms with Crippen molar-refractivity contribution >= 4 is 5.91 Å². The first-order valence-corrected chi connectivity index (χ1v) is 9.31. The highest BCUT2D eigenvalue weighted by atomic mass is 16.2. The van der Waals surface area contributed by atoms with Crippen molar-refractivity contribution in [3.05, 3.63) is 66.4 Å². The molecule has 4 rings (SSSR count). The van der Waals surface area contributed by atoms with Crippen LogP contribution in [0.2, 0.25) is 0 Å². The van der Waals surface area contributed by atoms with E-state index in [1.54, 1.807) is 12.4 Å². The van der Waals surface area contributed by atoms with Crippen molar-refractivity contribution in [1.29, 1.82) is 0 Å². The van der Waals surface area contributed by atoms with Crippen molar-refractivity contribution in [3.8, 4) is 5.82 Å². The molecule has 3 aromatic rings. The molecule has 7 nitrogen and oxygen atoms in total. The van der Waals surface area contributed by atoms with Crippen LogP contribution in [0.25, 0.3) is 5.82 Å². The van der Waals surface area contributed by atoms with Gasteiger partial charge in [0.05, 0.1) is 6.20 Å². The lowest BCUT2D eigenvalue weighted by atomic mass is 9.93. The van der Waals surface area contributed by atoms with Gasteiger partial charge in [0.2, 0.25) is 0 Å². The second kappa shape index (κ2) is 7.65. The van der Waals surface area contributed by atoms with Crippen molar-refractivity contribution in [2.75, 3.05) is 13.1 Å². The minimum atomic E-state index is -0.0470. The van der Waals surface area contributed by atoms with Gasteiger partial charge in [0.25, 0.3) is 5.91 Å². The van der Waals surface area contributed by atoms with Crippen LogP contribution in [0.3, 0.4) is 0 Å². The lowest BCUT2D eigenvalue weighted by Gasteiger charge is -2.31. The lowest BCUT2D eigenvalue weighted by molar-refractivity contribution is 0.0705. The molecule has 0 saturated carbocycles. The number of carbonyl (C=O) groups is 1. The van der Waals surface area contributed by atoms with Crippen LogP contribution in [0, 0.1) is 0 Å². The third-order valence-corrected chi connectivity index (χ3v) is 5.02. The van der Waals surface area contributed by atoms with Crippen molar-refractivity contribution < 1.29 is 4.79 Å². The zero-order chi connectivity index (χ0) is 18.6. The zero-order valence-electron chi connectivity index (χ0n) is 15.3. The molecule has 1 aliphatic rings. The number of pyridine rings is 1. The molecule has 3 aromatic heterocycles. The summed E-state index contributed by atoms with van der Waals surface area (Å²) in [5.74, 6) is 2.21. The highest BCUT2D eigenvalue weighted by molar-refractivity contribution is 5.92. The molecule has 27 heavy (non-hydrogen) atoms. The first-order valence-electron chi connectivity index (χ1n) is 9.31. The minimum Gasteiger partial charge on any atom is -0.337 e. The molecule has 138 valence electrons. The molecule has 1 fully saturated rings. The van der Waals surface area contributed by atoms with Gasteiger partial charge in [-0.1, -0.05) is 13.0 Å². The number of amides is 1. The van der Waals surface area contributed by atoms with Gasteiger partial charge in [-0.3, -0.25) is 14.3 Å². The largest absolute Gasteiger partial charge is 0.337 e. The standard InChI is InChI=1S/C20H22N6O/c1-2-18-23-10-13-26(18)19-5-3-4-16(24-19)15-6-11-25(12-7-15)20(27)17-14-21-8-9-22-17/h3-5,8-10,13-15H,2,6-7,11-12H2,1H3. The Morgan fingerprint density at radius 3 is 2.74 bits per heavy atom. The van der Waals surface area contributed by atoms with Crippen molar-refractivity contribution in [2.45, 2.75) is 32.1 Å². The van der Waals surface area contributed by atoms with Gasteiger partial charge in [-0.15, -0.1) is 0 Å². The van der Waals surface area contributed by atoms with E-state index in [2.05, 4.69) is 27.9 Å². The molecule has 1 aliphatic heterocycles. The highest BCUT2D eigenvalue weighted by Crippen LogP contribution is 2.28. The maximum Gasteiger partial charge on any atom is 0.274 e. The molecular weight excluding hydrogens is 340 g/mol. The van der Waals surface area contributed by atoms with E-state index in [-0.39, 0.29) is 5.91 Å². The molecule has 0 aromatic carbocycles. The SMILES string of the molecule is CCc1nccn1-c1cccc(C2CCN(C(=O)c3cnccn3)CC2)n1. The number of hydrogen-bond acceptors (Lipinski definition) is 5. The van der Waals surface area contributed by atoms with Gasteiger partial charge in [-0.2, -0.15) is 0 Å². The molecule has 7 heteroatoms. The van der Waals surface area contributed by atoms with Gasteiger partial charge in [0.1, 0.15) is 17.3 Å². The van der Waals surface area contributed by atoms with Crippen LogP contribution >= 0.6 is 0 Å². The Balaban J connectivity index is 1.46. The molecule has 4 heterocycles. The summed E-state index contributed by atoms with van der Waals surface area (Å²) in [6.45, 7) is 3.50. The van der Waals surface area contributed by atoms with Crippen molar-refractivity contribution in [2.24, 2.45) is 0 Å². The number of hydrogen-bond donors (Lipinski definition) is 0. The second-order valence-electron chi connectivity index (χ2n) is 6.64. The van der Waals surface area contributed by atoms with E-state index in [1.807, 2.05) is 34.0 Å². The third kappa shape index (κ3) is 3.58. The van der Waals surface area contributed by atoms with Gasteiger partial charge >= 0.3 is 0 Å². The third-order valence-electron chi connectivity index (χ3n) is 5.02. The molecule has 0 spiro atoms. The van der Waals surface area contributed by atoms with Crippen LogP contribution in [0.15, 0.2) is 49.2 Å². The fourth-order valence-corrected chi connectivity index (χ4v) is 3.56. The average molecular weight is 362 g/mol. The molecular formula is C20H22N6O. The summed E-state index contributed by atoms with van der Waals surface area (Å²) in [4.78, 5) is 31.7. The number of imidazole rings is 1. The van der Waals surface area contributed by atoms with E-state index in [1.165, 1.54) is 6.20 Å². The van der Waals surface area contributed by atoms with Gasteiger partial charge < -0.3 is 4.90 Å². The predicted octanol–water partition coefficient (Wildman–Crippen LogP) is 2.64. The normalized spacial score (nSPS) is 15.1. The van der Waals surface area contributed by atoms with E-state index in [0.717, 1.165) is 36.6 Å². The van der Waals surface area contributed by atoms with E-state index in [4.69, 9.17) is 4.98 Å². The van der Waals surface area contributed by atoms with E-state index >= 15 is 0 Å². The smallest absolute Gasteiger partial charge is 0.274 e. The van der Waals surface area contributed by atoms with E-state index in [9.17, 15) is 4.79 Å². The number of aromatic nitrogens is 5. The first-order chi connectivity index (χ1) is 13.3. The second-order valence-corrected chi connectivity index (χ2v) is 6.64. The number of aryl methyl sites for hydroxylation is 1. The van der Waals surface area contributed by atoms with Crippen LogP contribution in [-0.4, -0.2) is 48.4 Å². The monoisotopic (exact) mass is 362 g/mol. The summed E-state index contributed by atoms with van der Waals surface area (Å²) < 4.78 is 2.04.